The van der Waals surface area contributed by atoms with Crippen LogP contribution in [0.2, 0.25) is 0 Å². The summed E-state index contributed by atoms with van der Waals surface area (Å²) >= 11 is 0. The third kappa shape index (κ3) is 3.23. The monoisotopic (exact) mass is 275 g/mol. The molecule has 0 aliphatic rings. The second-order valence-electron chi connectivity index (χ2n) is 5.07. The van der Waals surface area contributed by atoms with Gasteiger partial charge in [0.05, 0.1) is 0 Å². The number of benzene rings is 3. The molecule has 0 aliphatic heterocycles. The van der Waals surface area contributed by atoms with Crippen LogP contribution < -0.4 is 10.5 Å². The molecule has 0 bridgehead atoms. The number of nitrogens with two attached hydrogens (primary N) is 1. The second-order valence-corrected chi connectivity index (χ2v) is 5.07. The Hall–Kier alpha value is -2.74. The Morgan fingerprint density at radius 1 is 0.714 bits per heavy atom. The maximum atomic E-state index is 5.85. The fraction of sp³-hybridized carbons (Fsp3) is 0.0526. The molecule has 3 aromatic carbocycles. The summed E-state index contributed by atoms with van der Waals surface area (Å²) in [5.41, 5.74) is 10.0. The van der Waals surface area contributed by atoms with E-state index < -0.39 is 0 Å². The molecule has 0 saturated carbocycles. The zero-order valence-electron chi connectivity index (χ0n) is 11.9. The fourth-order valence-electron chi connectivity index (χ4n) is 2.32. The standard InChI is InChI=1S/C19H17NO/c1-14-11-17(20)13-19(12-14)21-18-9-7-16(8-10-18)15-5-3-2-4-6-15/h2-13H,20H2,1H3. The van der Waals surface area contributed by atoms with E-state index in [-0.39, 0.29) is 0 Å². The van der Waals surface area contributed by atoms with E-state index >= 15 is 0 Å². The summed E-state index contributed by atoms with van der Waals surface area (Å²) in [4.78, 5) is 0. The highest BCUT2D eigenvalue weighted by Gasteiger charge is 2.01. The van der Waals surface area contributed by atoms with Gasteiger partial charge >= 0.3 is 0 Å². The van der Waals surface area contributed by atoms with Gasteiger partial charge in [-0.05, 0) is 47.9 Å². The maximum Gasteiger partial charge on any atom is 0.129 e. The van der Waals surface area contributed by atoms with Crippen molar-refractivity contribution in [2.45, 2.75) is 6.92 Å². The van der Waals surface area contributed by atoms with E-state index in [2.05, 4.69) is 24.3 Å². The number of anilines is 1. The third-order valence-electron chi connectivity index (χ3n) is 3.27. The smallest absolute Gasteiger partial charge is 0.129 e. The molecule has 3 rings (SSSR count). The lowest BCUT2D eigenvalue weighted by Crippen LogP contribution is -1.89. The molecule has 0 fully saturated rings. The Labute approximate surface area is 124 Å². The minimum Gasteiger partial charge on any atom is -0.457 e. The molecule has 0 aromatic heterocycles. The first kappa shape index (κ1) is 13.3. The Kier molecular flexibility index (Phi) is 3.61. The van der Waals surface area contributed by atoms with Crippen molar-refractivity contribution in [3.8, 4) is 22.6 Å². The van der Waals surface area contributed by atoms with Crippen LogP contribution in [0.5, 0.6) is 11.5 Å². The minimum atomic E-state index is 0.714. The first-order valence-corrected chi connectivity index (χ1v) is 6.91. The second kappa shape index (κ2) is 5.71. The summed E-state index contributed by atoms with van der Waals surface area (Å²) in [6, 6.07) is 24.1. The molecule has 0 spiro atoms. The van der Waals surface area contributed by atoms with Gasteiger partial charge in [0.1, 0.15) is 11.5 Å². The molecule has 2 heteroatoms. The van der Waals surface area contributed by atoms with Gasteiger partial charge in [-0.15, -0.1) is 0 Å². The maximum absolute atomic E-state index is 5.85. The van der Waals surface area contributed by atoms with Crippen molar-refractivity contribution in [3.63, 3.8) is 0 Å². The SMILES string of the molecule is Cc1cc(N)cc(Oc2ccc(-c3ccccc3)cc2)c1. The van der Waals surface area contributed by atoms with Gasteiger partial charge in [0.15, 0.2) is 0 Å². The highest BCUT2D eigenvalue weighted by Crippen LogP contribution is 2.27. The van der Waals surface area contributed by atoms with Crippen LogP contribution in [-0.4, -0.2) is 0 Å². The van der Waals surface area contributed by atoms with Crippen molar-refractivity contribution in [2.24, 2.45) is 0 Å². The highest BCUT2D eigenvalue weighted by molar-refractivity contribution is 5.64. The van der Waals surface area contributed by atoms with Crippen molar-refractivity contribution in [1.82, 2.24) is 0 Å². The molecule has 0 heterocycles. The van der Waals surface area contributed by atoms with Gasteiger partial charge in [0.2, 0.25) is 0 Å². The molecule has 3 aromatic rings. The van der Waals surface area contributed by atoms with Gasteiger partial charge in [-0.25, -0.2) is 0 Å². The zero-order chi connectivity index (χ0) is 14.7. The van der Waals surface area contributed by atoms with Crippen molar-refractivity contribution in [3.05, 3.63) is 78.4 Å². The molecule has 0 saturated heterocycles. The molecule has 2 N–H and O–H groups in total. The summed E-state index contributed by atoms with van der Waals surface area (Å²) in [5.74, 6) is 1.57. The number of rotatable bonds is 3. The number of nitrogen functional groups attached to an aromatic ring is 1. The van der Waals surface area contributed by atoms with Gasteiger partial charge < -0.3 is 10.5 Å². The first-order valence-electron chi connectivity index (χ1n) is 6.91. The minimum absolute atomic E-state index is 0.714. The Balaban J connectivity index is 1.81. The van der Waals surface area contributed by atoms with Crippen LogP contribution in [0.4, 0.5) is 5.69 Å². The Morgan fingerprint density at radius 2 is 1.38 bits per heavy atom. The van der Waals surface area contributed by atoms with Crippen LogP contribution in [0, 0.1) is 6.92 Å². The van der Waals surface area contributed by atoms with Gasteiger partial charge in [0, 0.05) is 11.8 Å². The van der Waals surface area contributed by atoms with Crippen molar-refractivity contribution >= 4 is 5.69 Å². The van der Waals surface area contributed by atoms with Crippen molar-refractivity contribution < 1.29 is 4.74 Å². The molecular formula is C19H17NO. The van der Waals surface area contributed by atoms with Crippen LogP contribution in [0.15, 0.2) is 72.8 Å². The molecule has 0 amide bonds. The van der Waals surface area contributed by atoms with Gasteiger partial charge in [0.25, 0.3) is 0 Å². The zero-order valence-corrected chi connectivity index (χ0v) is 11.9. The fourth-order valence-corrected chi connectivity index (χ4v) is 2.32. The van der Waals surface area contributed by atoms with Crippen molar-refractivity contribution in [1.29, 1.82) is 0 Å². The summed E-state index contributed by atoms with van der Waals surface area (Å²) in [5, 5.41) is 0. The van der Waals surface area contributed by atoms with Crippen LogP contribution in [-0.2, 0) is 0 Å². The number of hydrogen-bond acceptors (Lipinski definition) is 2. The van der Waals surface area contributed by atoms with E-state index in [1.165, 1.54) is 11.1 Å². The van der Waals surface area contributed by atoms with E-state index in [1.54, 1.807) is 0 Å². The number of ether oxygens (including phenoxy) is 1. The Bertz CT molecular complexity index is 713. The van der Waals surface area contributed by atoms with E-state index in [4.69, 9.17) is 10.5 Å². The van der Waals surface area contributed by atoms with Gasteiger partial charge in [-0.2, -0.15) is 0 Å². The molecule has 0 aliphatic carbocycles. The molecule has 0 radical (unpaired) electrons. The average Bonchev–Trinajstić information content (AvgIpc) is 2.48. The van der Waals surface area contributed by atoms with Crippen molar-refractivity contribution in [2.75, 3.05) is 5.73 Å². The topological polar surface area (TPSA) is 35.2 Å². The van der Waals surface area contributed by atoms with Crippen LogP contribution >= 0.6 is 0 Å². The predicted molar refractivity (Wildman–Crippen MR) is 87.5 cm³/mol. The predicted octanol–water partition coefficient (Wildman–Crippen LogP) is 5.04. The van der Waals surface area contributed by atoms with E-state index in [0.29, 0.717) is 5.69 Å². The average molecular weight is 275 g/mol. The summed E-state index contributed by atoms with van der Waals surface area (Å²) < 4.78 is 5.85. The summed E-state index contributed by atoms with van der Waals surface area (Å²) in [6.45, 7) is 2.00. The molecule has 0 unspecified atom stereocenters. The summed E-state index contributed by atoms with van der Waals surface area (Å²) in [6.07, 6.45) is 0. The lowest BCUT2D eigenvalue weighted by Gasteiger charge is -2.08. The van der Waals surface area contributed by atoms with Crippen LogP contribution in [0.3, 0.4) is 0 Å². The number of aryl methyl sites for hydroxylation is 1. The van der Waals surface area contributed by atoms with E-state index in [9.17, 15) is 0 Å². The van der Waals surface area contributed by atoms with E-state index in [0.717, 1.165) is 17.1 Å². The lowest BCUT2D eigenvalue weighted by atomic mass is 10.1. The molecule has 21 heavy (non-hydrogen) atoms. The lowest BCUT2D eigenvalue weighted by molar-refractivity contribution is 0.482. The van der Waals surface area contributed by atoms with Gasteiger partial charge in [-0.1, -0.05) is 42.5 Å². The largest absolute Gasteiger partial charge is 0.457 e. The van der Waals surface area contributed by atoms with Gasteiger partial charge in [-0.3, -0.25) is 0 Å². The van der Waals surface area contributed by atoms with Crippen LogP contribution in [0.25, 0.3) is 11.1 Å². The summed E-state index contributed by atoms with van der Waals surface area (Å²) in [7, 11) is 0. The number of hydrogen-bond donors (Lipinski definition) is 1. The Morgan fingerprint density at radius 3 is 2.05 bits per heavy atom. The molecule has 0 atom stereocenters. The quantitative estimate of drug-likeness (QED) is 0.680. The van der Waals surface area contributed by atoms with Crippen LogP contribution in [0.1, 0.15) is 5.56 Å². The first-order chi connectivity index (χ1) is 10.2. The molecular weight excluding hydrogens is 258 g/mol. The highest BCUT2D eigenvalue weighted by atomic mass is 16.5. The molecule has 2 nitrogen and oxygen atoms in total. The van der Waals surface area contributed by atoms with E-state index in [1.807, 2.05) is 55.5 Å². The normalized spacial score (nSPS) is 10.3. The molecule has 104 valence electrons. The third-order valence-corrected chi connectivity index (χ3v) is 3.27.